The Morgan fingerprint density at radius 2 is 2.31 bits per heavy atom. The van der Waals surface area contributed by atoms with E-state index >= 15 is 0 Å². The van der Waals surface area contributed by atoms with Crippen LogP contribution in [-0.2, 0) is 0 Å². The second-order valence-electron chi connectivity index (χ2n) is 4.26. The van der Waals surface area contributed by atoms with Crippen LogP contribution in [-0.4, -0.2) is 48.6 Å². The van der Waals surface area contributed by atoms with Crippen molar-refractivity contribution >= 4 is 5.69 Å². The Kier molecular flexibility index (Phi) is 4.13. The van der Waals surface area contributed by atoms with Gasteiger partial charge >= 0.3 is 0 Å². The van der Waals surface area contributed by atoms with Gasteiger partial charge in [-0.3, -0.25) is 9.88 Å². The lowest BCUT2D eigenvalue weighted by atomic mass is 10.2. The van der Waals surface area contributed by atoms with E-state index in [9.17, 15) is 0 Å². The minimum Gasteiger partial charge on any atom is -0.382 e. The molecule has 0 saturated carbocycles. The van der Waals surface area contributed by atoms with Crippen molar-refractivity contribution in [3.05, 3.63) is 24.5 Å². The largest absolute Gasteiger partial charge is 0.382 e. The first-order valence-electron chi connectivity index (χ1n) is 5.95. The van der Waals surface area contributed by atoms with Crippen molar-refractivity contribution in [1.82, 2.24) is 15.2 Å². The Bertz CT molecular complexity index is 295. The minimum absolute atomic E-state index is 0.572. The molecule has 16 heavy (non-hydrogen) atoms. The van der Waals surface area contributed by atoms with Crippen LogP contribution in [0.5, 0.6) is 0 Å². The summed E-state index contributed by atoms with van der Waals surface area (Å²) in [6.07, 6.45) is 3.66. The topological polar surface area (TPSA) is 40.2 Å². The molecule has 1 unspecified atom stereocenters. The summed E-state index contributed by atoms with van der Waals surface area (Å²) in [7, 11) is 0. The smallest absolute Gasteiger partial charge is 0.0527 e. The number of pyridine rings is 1. The Labute approximate surface area is 97.1 Å². The van der Waals surface area contributed by atoms with Crippen molar-refractivity contribution in [1.29, 1.82) is 0 Å². The average Bonchev–Trinajstić information content (AvgIpc) is 2.38. The van der Waals surface area contributed by atoms with Gasteiger partial charge in [0.05, 0.1) is 5.69 Å². The zero-order valence-corrected chi connectivity index (χ0v) is 9.82. The minimum atomic E-state index is 0.572. The highest BCUT2D eigenvalue weighted by molar-refractivity contribution is 5.39. The molecule has 88 valence electrons. The summed E-state index contributed by atoms with van der Waals surface area (Å²) in [4.78, 5) is 6.60. The van der Waals surface area contributed by atoms with Crippen molar-refractivity contribution in [3.8, 4) is 0 Å². The molecule has 2 rings (SSSR count). The molecule has 0 bridgehead atoms. The van der Waals surface area contributed by atoms with Gasteiger partial charge in [0, 0.05) is 51.2 Å². The average molecular weight is 220 g/mol. The zero-order valence-electron chi connectivity index (χ0n) is 9.82. The Hall–Kier alpha value is -1.13. The van der Waals surface area contributed by atoms with E-state index in [-0.39, 0.29) is 0 Å². The van der Waals surface area contributed by atoms with Crippen molar-refractivity contribution in [3.63, 3.8) is 0 Å². The van der Waals surface area contributed by atoms with Gasteiger partial charge in [-0.05, 0) is 19.1 Å². The van der Waals surface area contributed by atoms with Crippen molar-refractivity contribution < 1.29 is 0 Å². The van der Waals surface area contributed by atoms with E-state index in [0.29, 0.717) is 6.04 Å². The van der Waals surface area contributed by atoms with Crippen molar-refractivity contribution in [2.75, 3.05) is 38.0 Å². The molecule has 1 aliphatic rings. The fourth-order valence-electron chi connectivity index (χ4n) is 1.98. The van der Waals surface area contributed by atoms with Crippen LogP contribution in [0, 0.1) is 0 Å². The maximum atomic E-state index is 4.09. The maximum absolute atomic E-state index is 4.09. The van der Waals surface area contributed by atoms with E-state index in [1.54, 1.807) is 6.20 Å². The number of aromatic nitrogens is 1. The van der Waals surface area contributed by atoms with Crippen LogP contribution in [0.2, 0.25) is 0 Å². The highest BCUT2D eigenvalue weighted by Gasteiger charge is 2.15. The molecule has 0 radical (unpaired) electrons. The van der Waals surface area contributed by atoms with E-state index in [1.165, 1.54) is 0 Å². The van der Waals surface area contributed by atoms with Gasteiger partial charge in [-0.15, -0.1) is 0 Å². The fraction of sp³-hybridized carbons (Fsp3) is 0.583. The zero-order chi connectivity index (χ0) is 11.2. The van der Waals surface area contributed by atoms with E-state index < -0.39 is 0 Å². The van der Waals surface area contributed by atoms with Gasteiger partial charge in [0.2, 0.25) is 0 Å². The molecule has 2 heterocycles. The Morgan fingerprint density at radius 3 is 3.00 bits per heavy atom. The van der Waals surface area contributed by atoms with Gasteiger partial charge in [-0.2, -0.15) is 0 Å². The highest BCUT2D eigenvalue weighted by Crippen LogP contribution is 2.05. The third-order valence-corrected chi connectivity index (χ3v) is 3.04. The monoisotopic (exact) mass is 220 g/mol. The molecule has 0 aliphatic carbocycles. The standard InChI is InChI=1S/C12H20N4/c1-11(16-7-5-13-6-8-16)9-15-12-3-2-4-14-10-12/h2-4,10-11,13,15H,5-9H2,1H3. The maximum Gasteiger partial charge on any atom is 0.0527 e. The number of hydrogen-bond acceptors (Lipinski definition) is 4. The molecule has 4 heteroatoms. The summed E-state index contributed by atoms with van der Waals surface area (Å²) in [5.74, 6) is 0. The van der Waals surface area contributed by atoms with Crippen LogP contribution >= 0.6 is 0 Å². The fourth-order valence-corrected chi connectivity index (χ4v) is 1.98. The molecule has 4 nitrogen and oxygen atoms in total. The van der Waals surface area contributed by atoms with Gasteiger partial charge < -0.3 is 10.6 Å². The third-order valence-electron chi connectivity index (χ3n) is 3.04. The van der Waals surface area contributed by atoms with Gasteiger partial charge in [-0.1, -0.05) is 0 Å². The molecule has 1 aromatic rings. The van der Waals surface area contributed by atoms with Crippen molar-refractivity contribution in [2.45, 2.75) is 13.0 Å². The lowest BCUT2D eigenvalue weighted by Crippen LogP contribution is -2.49. The van der Waals surface area contributed by atoms with Crippen LogP contribution in [0.1, 0.15) is 6.92 Å². The summed E-state index contributed by atoms with van der Waals surface area (Å²) in [6, 6.07) is 4.58. The van der Waals surface area contributed by atoms with Gasteiger partial charge in [0.1, 0.15) is 0 Å². The lowest BCUT2D eigenvalue weighted by molar-refractivity contribution is 0.191. The molecule has 1 atom stereocenters. The summed E-state index contributed by atoms with van der Waals surface area (Å²) >= 11 is 0. The number of hydrogen-bond donors (Lipinski definition) is 2. The first-order valence-corrected chi connectivity index (χ1v) is 5.95. The quantitative estimate of drug-likeness (QED) is 0.787. The van der Waals surface area contributed by atoms with Crippen LogP contribution in [0.3, 0.4) is 0 Å². The first kappa shape index (κ1) is 11.4. The summed E-state index contributed by atoms with van der Waals surface area (Å²) in [6.45, 7) is 7.76. The van der Waals surface area contributed by atoms with Gasteiger partial charge in [-0.25, -0.2) is 0 Å². The normalized spacial score (nSPS) is 19.3. The number of nitrogens with zero attached hydrogens (tertiary/aromatic N) is 2. The summed E-state index contributed by atoms with van der Waals surface area (Å²) in [5.41, 5.74) is 1.10. The summed E-state index contributed by atoms with van der Waals surface area (Å²) < 4.78 is 0. The van der Waals surface area contributed by atoms with E-state index in [1.807, 2.05) is 12.3 Å². The molecule has 0 spiro atoms. The Balaban J connectivity index is 1.76. The molecule has 0 amide bonds. The highest BCUT2D eigenvalue weighted by atomic mass is 15.2. The number of anilines is 1. The number of piperazine rings is 1. The predicted octanol–water partition coefficient (Wildman–Crippen LogP) is 0.787. The summed E-state index contributed by atoms with van der Waals surface area (Å²) in [5, 5.41) is 6.79. The van der Waals surface area contributed by atoms with Crippen LogP contribution < -0.4 is 10.6 Å². The lowest BCUT2D eigenvalue weighted by Gasteiger charge is -2.33. The number of nitrogens with one attached hydrogen (secondary N) is 2. The third kappa shape index (κ3) is 3.18. The first-order chi connectivity index (χ1) is 7.86. The molecule has 1 saturated heterocycles. The molecule has 2 N–H and O–H groups in total. The predicted molar refractivity (Wildman–Crippen MR) is 66.6 cm³/mol. The molecule has 1 aromatic heterocycles. The van der Waals surface area contributed by atoms with Crippen LogP contribution in [0.4, 0.5) is 5.69 Å². The molecular formula is C12H20N4. The van der Waals surface area contributed by atoms with Crippen molar-refractivity contribution in [2.24, 2.45) is 0 Å². The molecular weight excluding hydrogens is 200 g/mol. The second-order valence-corrected chi connectivity index (χ2v) is 4.26. The molecule has 1 fully saturated rings. The van der Waals surface area contributed by atoms with Crippen LogP contribution in [0.15, 0.2) is 24.5 Å². The number of rotatable bonds is 4. The van der Waals surface area contributed by atoms with E-state index in [4.69, 9.17) is 0 Å². The SMILES string of the molecule is CC(CNc1cccnc1)N1CCNCC1. The Morgan fingerprint density at radius 1 is 1.50 bits per heavy atom. The van der Waals surface area contributed by atoms with E-state index in [0.717, 1.165) is 38.4 Å². The van der Waals surface area contributed by atoms with Gasteiger partial charge in [0.25, 0.3) is 0 Å². The molecule has 1 aliphatic heterocycles. The van der Waals surface area contributed by atoms with E-state index in [2.05, 4.69) is 33.5 Å². The molecule has 0 aromatic carbocycles. The van der Waals surface area contributed by atoms with Gasteiger partial charge in [0.15, 0.2) is 0 Å². The second kappa shape index (κ2) is 5.82. The van der Waals surface area contributed by atoms with Crippen LogP contribution in [0.25, 0.3) is 0 Å².